The van der Waals surface area contributed by atoms with Crippen LogP contribution in [0.2, 0.25) is 0 Å². The van der Waals surface area contributed by atoms with Crippen LogP contribution >= 0.6 is 12.4 Å². The molecule has 6 nitrogen and oxygen atoms in total. The second kappa shape index (κ2) is 8.95. The quantitative estimate of drug-likeness (QED) is 0.736. The number of hydrogen-bond donors (Lipinski definition) is 3. The molecule has 0 aliphatic heterocycles. The predicted octanol–water partition coefficient (Wildman–Crippen LogP) is 3.10. The molecule has 26 heavy (non-hydrogen) atoms. The molecule has 1 aromatic carbocycles. The van der Waals surface area contributed by atoms with Crippen molar-refractivity contribution in [2.24, 2.45) is 5.73 Å². The summed E-state index contributed by atoms with van der Waals surface area (Å²) in [5, 5.41) is 9.67. The van der Waals surface area contributed by atoms with Gasteiger partial charge in [0.25, 0.3) is 5.91 Å². The molecule has 1 heterocycles. The minimum absolute atomic E-state index is 0. The van der Waals surface area contributed by atoms with E-state index >= 15 is 0 Å². The van der Waals surface area contributed by atoms with Gasteiger partial charge in [0.2, 0.25) is 0 Å². The first kappa shape index (κ1) is 20.1. The predicted molar refractivity (Wildman–Crippen MR) is 95.6 cm³/mol. The number of carbonyl (C=O) groups excluding carboxylic acids is 1. The molecular weight excluding hydrogens is 366 g/mol. The van der Waals surface area contributed by atoms with Gasteiger partial charge in [-0.25, -0.2) is 0 Å². The van der Waals surface area contributed by atoms with E-state index in [-0.39, 0.29) is 36.1 Å². The van der Waals surface area contributed by atoms with Gasteiger partial charge in [0.1, 0.15) is 5.75 Å². The molecule has 1 aliphatic carbocycles. The summed E-state index contributed by atoms with van der Waals surface area (Å²) in [7, 11) is 0. The number of nitrogens with zero attached hydrogens (tertiary/aromatic N) is 1. The molecule has 0 bridgehead atoms. The van der Waals surface area contributed by atoms with E-state index in [1.165, 1.54) is 18.3 Å². The Balaban J connectivity index is 0.00000243. The molecule has 0 atom stereocenters. The normalized spacial score (nSPS) is 19.7. The number of H-pyrrole nitrogens is 1. The standard InChI is InChI=1S/C17H20F2N4O2.ClH/c18-17(19)25-13-3-1-2-10(8-13)15-14(9-21-23-15)16(24)22-12-6-4-11(20)5-7-12;/h1-3,8-9,11-12,17H,4-7,20H2,(H,21,23)(H,22,24);1H. The zero-order valence-corrected chi connectivity index (χ0v) is 14.8. The number of benzene rings is 1. The van der Waals surface area contributed by atoms with Gasteiger partial charge in [-0.1, -0.05) is 12.1 Å². The first-order valence-electron chi connectivity index (χ1n) is 8.18. The van der Waals surface area contributed by atoms with E-state index in [4.69, 9.17) is 5.73 Å². The summed E-state index contributed by atoms with van der Waals surface area (Å²) in [4.78, 5) is 12.6. The van der Waals surface area contributed by atoms with E-state index in [0.717, 1.165) is 25.7 Å². The molecule has 3 rings (SSSR count). The summed E-state index contributed by atoms with van der Waals surface area (Å²) in [5.41, 5.74) is 7.25. The van der Waals surface area contributed by atoms with Gasteiger partial charge in [-0.2, -0.15) is 13.9 Å². The smallest absolute Gasteiger partial charge is 0.387 e. The molecule has 0 radical (unpaired) electrons. The van der Waals surface area contributed by atoms with Crippen molar-refractivity contribution in [1.29, 1.82) is 0 Å². The summed E-state index contributed by atoms with van der Waals surface area (Å²) < 4.78 is 29.2. The zero-order valence-electron chi connectivity index (χ0n) is 14.0. The maximum Gasteiger partial charge on any atom is 0.387 e. The monoisotopic (exact) mass is 386 g/mol. The van der Waals surface area contributed by atoms with Crippen molar-refractivity contribution in [3.63, 3.8) is 0 Å². The highest BCUT2D eigenvalue weighted by Gasteiger charge is 2.23. The van der Waals surface area contributed by atoms with Gasteiger partial charge in [-0.05, 0) is 37.8 Å². The highest BCUT2D eigenvalue weighted by Crippen LogP contribution is 2.26. The third-order valence-corrected chi connectivity index (χ3v) is 4.34. The maximum absolute atomic E-state index is 12.6. The van der Waals surface area contributed by atoms with Crippen molar-refractivity contribution in [3.05, 3.63) is 36.0 Å². The number of hydrogen-bond acceptors (Lipinski definition) is 4. The highest BCUT2D eigenvalue weighted by atomic mass is 35.5. The minimum atomic E-state index is -2.91. The fraction of sp³-hybridized carbons (Fsp3) is 0.412. The SMILES string of the molecule is Cl.NC1CCC(NC(=O)c2cn[nH]c2-c2cccc(OC(F)F)c2)CC1. The lowest BCUT2D eigenvalue weighted by Gasteiger charge is -2.26. The molecule has 4 N–H and O–H groups in total. The van der Waals surface area contributed by atoms with Gasteiger partial charge in [0.05, 0.1) is 17.5 Å². The van der Waals surface area contributed by atoms with Gasteiger partial charge in [-0.15, -0.1) is 12.4 Å². The summed E-state index contributed by atoms with van der Waals surface area (Å²) >= 11 is 0. The fourth-order valence-corrected chi connectivity index (χ4v) is 3.03. The average molecular weight is 387 g/mol. The number of alkyl halides is 2. The second-order valence-corrected chi connectivity index (χ2v) is 6.15. The number of aromatic nitrogens is 2. The Morgan fingerprint density at radius 1 is 1.31 bits per heavy atom. The van der Waals surface area contributed by atoms with Crippen LogP contribution in [0.3, 0.4) is 0 Å². The van der Waals surface area contributed by atoms with Crippen LogP contribution < -0.4 is 15.8 Å². The molecule has 0 saturated heterocycles. The second-order valence-electron chi connectivity index (χ2n) is 6.15. The van der Waals surface area contributed by atoms with Crippen molar-refractivity contribution in [1.82, 2.24) is 15.5 Å². The third kappa shape index (κ3) is 4.92. The largest absolute Gasteiger partial charge is 0.435 e. The lowest BCUT2D eigenvalue weighted by molar-refractivity contribution is -0.0498. The van der Waals surface area contributed by atoms with Crippen molar-refractivity contribution in [2.45, 2.75) is 44.4 Å². The molecule has 1 aliphatic rings. The molecular formula is C17H21ClF2N4O2. The van der Waals surface area contributed by atoms with Crippen molar-refractivity contribution in [3.8, 4) is 17.0 Å². The van der Waals surface area contributed by atoms with E-state index in [2.05, 4.69) is 20.3 Å². The first-order valence-corrected chi connectivity index (χ1v) is 8.18. The van der Waals surface area contributed by atoms with Gasteiger partial charge in [0.15, 0.2) is 0 Å². The number of rotatable bonds is 5. The Labute approximate surface area is 155 Å². The van der Waals surface area contributed by atoms with Crippen LogP contribution in [-0.4, -0.2) is 34.8 Å². The first-order chi connectivity index (χ1) is 12.0. The average Bonchev–Trinajstić information content (AvgIpc) is 3.06. The number of amides is 1. The Kier molecular flexibility index (Phi) is 6.93. The van der Waals surface area contributed by atoms with Crippen LogP contribution in [-0.2, 0) is 0 Å². The fourth-order valence-electron chi connectivity index (χ4n) is 3.03. The van der Waals surface area contributed by atoms with Crippen molar-refractivity contribution in [2.75, 3.05) is 0 Å². The van der Waals surface area contributed by atoms with Gasteiger partial charge >= 0.3 is 6.61 Å². The van der Waals surface area contributed by atoms with E-state index in [1.54, 1.807) is 12.1 Å². The number of nitrogens with one attached hydrogen (secondary N) is 2. The summed E-state index contributed by atoms with van der Waals surface area (Å²) in [6.45, 7) is -2.91. The van der Waals surface area contributed by atoms with Crippen LogP contribution in [0.1, 0.15) is 36.0 Å². The van der Waals surface area contributed by atoms with Gasteiger partial charge in [-0.3, -0.25) is 9.89 Å². The van der Waals surface area contributed by atoms with Crippen LogP contribution in [0.25, 0.3) is 11.3 Å². The van der Waals surface area contributed by atoms with Gasteiger partial charge < -0.3 is 15.8 Å². The highest BCUT2D eigenvalue weighted by molar-refractivity contribution is 6.00. The van der Waals surface area contributed by atoms with E-state index in [9.17, 15) is 13.6 Å². The van der Waals surface area contributed by atoms with E-state index in [1.807, 2.05) is 0 Å². The van der Waals surface area contributed by atoms with E-state index in [0.29, 0.717) is 16.8 Å². The van der Waals surface area contributed by atoms with E-state index < -0.39 is 6.61 Å². The van der Waals surface area contributed by atoms with Crippen LogP contribution in [0, 0.1) is 0 Å². The lowest BCUT2D eigenvalue weighted by atomic mass is 9.91. The van der Waals surface area contributed by atoms with Crippen molar-refractivity contribution >= 4 is 18.3 Å². The number of carbonyl (C=O) groups is 1. The number of nitrogens with two attached hydrogens (primary N) is 1. The number of ether oxygens (including phenoxy) is 1. The summed E-state index contributed by atoms with van der Waals surface area (Å²) in [6, 6.07) is 6.44. The Morgan fingerprint density at radius 3 is 2.73 bits per heavy atom. The van der Waals surface area contributed by atoms with Gasteiger partial charge in [0, 0.05) is 17.6 Å². The molecule has 142 valence electrons. The zero-order chi connectivity index (χ0) is 17.8. The molecule has 0 unspecified atom stereocenters. The van der Waals surface area contributed by atoms with Crippen LogP contribution in [0.5, 0.6) is 5.75 Å². The molecule has 2 aromatic rings. The molecule has 9 heteroatoms. The molecule has 1 fully saturated rings. The minimum Gasteiger partial charge on any atom is -0.435 e. The van der Waals surface area contributed by atoms with Crippen molar-refractivity contribution < 1.29 is 18.3 Å². The molecule has 0 spiro atoms. The Morgan fingerprint density at radius 2 is 2.04 bits per heavy atom. The lowest BCUT2D eigenvalue weighted by Crippen LogP contribution is -2.40. The van der Waals surface area contributed by atoms with Crippen LogP contribution in [0.15, 0.2) is 30.5 Å². The third-order valence-electron chi connectivity index (χ3n) is 4.34. The molecule has 1 aromatic heterocycles. The number of aromatic amines is 1. The number of halogens is 3. The summed E-state index contributed by atoms with van der Waals surface area (Å²) in [6.07, 6.45) is 4.89. The summed E-state index contributed by atoms with van der Waals surface area (Å²) in [5.74, 6) is -0.223. The topological polar surface area (TPSA) is 93.0 Å². The molecule has 1 saturated carbocycles. The Bertz CT molecular complexity index is 733. The van der Waals surface area contributed by atoms with Crippen LogP contribution in [0.4, 0.5) is 8.78 Å². The maximum atomic E-state index is 12.6. The Hall–Kier alpha value is -2.19. The molecule has 1 amide bonds.